The lowest BCUT2D eigenvalue weighted by Crippen LogP contribution is -2.44. The molecular weight excluding hydrogens is 488 g/mol. The van der Waals surface area contributed by atoms with Crippen LogP contribution >= 0.6 is 0 Å². The molecule has 1 unspecified atom stereocenters. The quantitative estimate of drug-likeness (QED) is 0.358. The molecular formula is C33H40N2O4. The van der Waals surface area contributed by atoms with Crippen LogP contribution < -0.4 is 15.4 Å². The van der Waals surface area contributed by atoms with Crippen LogP contribution in [0.1, 0.15) is 55.3 Å². The fourth-order valence-corrected chi connectivity index (χ4v) is 5.83. The number of benzene rings is 3. The van der Waals surface area contributed by atoms with Crippen molar-refractivity contribution in [3.05, 3.63) is 83.4 Å². The van der Waals surface area contributed by atoms with E-state index in [-0.39, 0.29) is 18.4 Å². The summed E-state index contributed by atoms with van der Waals surface area (Å²) in [7, 11) is 1.41. The summed E-state index contributed by atoms with van der Waals surface area (Å²) in [6, 6.07) is 22.9. The number of hydrogen-bond donors (Lipinski definition) is 1. The molecule has 6 heteroatoms. The van der Waals surface area contributed by atoms with E-state index in [2.05, 4.69) is 47.4 Å². The second-order valence-corrected chi connectivity index (χ2v) is 11.1. The molecule has 3 aromatic carbocycles. The molecule has 2 heterocycles. The zero-order chi connectivity index (χ0) is 27.2. The Balaban J connectivity index is 1.41. The summed E-state index contributed by atoms with van der Waals surface area (Å²) >= 11 is 0. The van der Waals surface area contributed by atoms with Gasteiger partial charge in [-0.25, -0.2) is 0 Å². The molecule has 0 aromatic heterocycles. The molecule has 206 valence electrons. The van der Waals surface area contributed by atoms with Crippen molar-refractivity contribution in [1.82, 2.24) is 0 Å². The summed E-state index contributed by atoms with van der Waals surface area (Å²) in [6.45, 7) is 6.26. The van der Waals surface area contributed by atoms with Crippen LogP contribution in [-0.2, 0) is 27.3 Å². The van der Waals surface area contributed by atoms with Crippen LogP contribution in [0.15, 0.2) is 66.7 Å². The second-order valence-electron chi connectivity index (χ2n) is 11.1. The molecule has 1 atom stereocenters. The minimum absolute atomic E-state index is 0.0294. The minimum atomic E-state index is -0.282. The van der Waals surface area contributed by atoms with Gasteiger partial charge in [0.05, 0.1) is 20.1 Å². The number of rotatable bonds is 8. The second kappa shape index (κ2) is 12.2. The fraction of sp³-hybridized carbons (Fsp3) is 0.424. The van der Waals surface area contributed by atoms with E-state index in [1.165, 1.54) is 25.6 Å². The van der Waals surface area contributed by atoms with Gasteiger partial charge >= 0.3 is 5.97 Å². The third-order valence-corrected chi connectivity index (χ3v) is 8.25. The summed E-state index contributed by atoms with van der Waals surface area (Å²) in [4.78, 5) is 14.4. The first-order chi connectivity index (χ1) is 18.9. The van der Waals surface area contributed by atoms with Crippen LogP contribution in [0, 0.1) is 5.41 Å². The lowest BCUT2D eigenvalue weighted by Gasteiger charge is -2.44. The van der Waals surface area contributed by atoms with Crippen LogP contribution in [0.3, 0.4) is 0 Å². The SMILES string of the molecule is COC(=O)Cc1ccccc1OCc1cc(-c2cccc(C(C)N)c2)cc(N2CCC3(CCCOC3)CC2)c1. The molecule has 3 aromatic rings. The fourth-order valence-electron chi connectivity index (χ4n) is 5.83. The number of carbonyl (C=O) groups excluding carboxylic acids is 1. The zero-order valence-electron chi connectivity index (χ0n) is 23.2. The Hall–Kier alpha value is -3.35. The predicted molar refractivity (Wildman–Crippen MR) is 155 cm³/mol. The molecule has 39 heavy (non-hydrogen) atoms. The van der Waals surface area contributed by atoms with E-state index < -0.39 is 0 Å². The Labute approximate surface area is 232 Å². The molecule has 5 rings (SSSR count). The highest BCUT2D eigenvalue weighted by molar-refractivity contribution is 5.73. The highest BCUT2D eigenvalue weighted by atomic mass is 16.5. The standard InChI is InChI=1S/C33H40N2O4/c1-24(34)26-8-5-9-27(19-26)29-17-25(22-39-31-10-4-3-7-28(31)21-32(36)37-2)18-30(20-29)35-14-12-33(13-15-35)11-6-16-38-23-33/h3-5,7-10,17-20,24H,6,11-16,21-23,34H2,1-2H3. The van der Waals surface area contributed by atoms with Crippen LogP contribution in [0.4, 0.5) is 5.69 Å². The van der Waals surface area contributed by atoms with E-state index in [0.717, 1.165) is 67.0 Å². The van der Waals surface area contributed by atoms with Crippen molar-refractivity contribution >= 4 is 11.7 Å². The average molecular weight is 529 g/mol. The van der Waals surface area contributed by atoms with Gasteiger partial charge in [-0.1, -0.05) is 36.4 Å². The van der Waals surface area contributed by atoms with Crippen LogP contribution in [0.25, 0.3) is 11.1 Å². The number of hydrogen-bond acceptors (Lipinski definition) is 6. The maximum Gasteiger partial charge on any atom is 0.310 e. The van der Waals surface area contributed by atoms with Gasteiger partial charge in [-0.05, 0) is 90.6 Å². The number of piperidine rings is 1. The van der Waals surface area contributed by atoms with Crippen LogP contribution in [0.5, 0.6) is 5.75 Å². The first-order valence-electron chi connectivity index (χ1n) is 14.0. The Morgan fingerprint density at radius 1 is 1.03 bits per heavy atom. The van der Waals surface area contributed by atoms with E-state index in [9.17, 15) is 4.79 Å². The molecule has 6 nitrogen and oxygen atoms in total. The molecule has 2 aliphatic rings. The summed E-state index contributed by atoms with van der Waals surface area (Å²) < 4.78 is 17.0. The van der Waals surface area contributed by atoms with Gasteiger partial charge in [-0.15, -0.1) is 0 Å². The normalized spacial score (nSPS) is 17.6. The van der Waals surface area contributed by atoms with Crippen molar-refractivity contribution < 1.29 is 19.0 Å². The highest BCUT2D eigenvalue weighted by Gasteiger charge is 2.36. The van der Waals surface area contributed by atoms with Crippen molar-refractivity contribution in [1.29, 1.82) is 0 Å². The first kappa shape index (κ1) is 27.2. The van der Waals surface area contributed by atoms with Crippen molar-refractivity contribution in [2.45, 2.75) is 51.7 Å². The van der Waals surface area contributed by atoms with Gasteiger partial charge in [0.2, 0.25) is 0 Å². The third kappa shape index (κ3) is 6.63. The summed E-state index contributed by atoms with van der Waals surface area (Å²) in [5.74, 6) is 0.418. The van der Waals surface area contributed by atoms with Gasteiger partial charge in [0.15, 0.2) is 0 Å². The number of nitrogens with two attached hydrogens (primary N) is 1. The number of ether oxygens (including phenoxy) is 3. The number of carbonyl (C=O) groups is 1. The molecule has 2 saturated heterocycles. The molecule has 2 fully saturated rings. The maximum atomic E-state index is 11.9. The van der Waals surface area contributed by atoms with Crippen molar-refractivity contribution in [2.24, 2.45) is 11.1 Å². The summed E-state index contributed by atoms with van der Waals surface area (Å²) in [5.41, 5.74) is 13.1. The van der Waals surface area contributed by atoms with E-state index in [4.69, 9.17) is 19.9 Å². The van der Waals surface area contributed by atoms with Gasteiger partial charge < -0.3 is 24.8 Å². The van der Waals surface area contributed by atoms with Gasteiger partial charge in [-0.3, -0.25) is 4.79 Å². The number of para-hydroxylation sites is 1. The van der Waals surface area contributed by atoms with Crippen LogP contribution in [0.2, 0.25) is 0 Å². The average Bonchev–Trinajstić information content (AvgIpc) is 2.97. The summed E-state index contributed by atoms with van der Waals surface area (Å²) in [6.07, 6.45) is 4.94. The van der Waals surface area contributed by atoms with E-state index in [0.29, 0.717) is 17.8 Å². The molecule has 1 spiro atoms. The highest BCUT2D eigenvalue weighted by Crippen LogP contribution is 2.41. The molecule has 0 saturated carbocycles. The Morgan fingerprint density at radius 3 is 2.59 bits per heavy atom. The summed E-state index contributed by atoms with van der Waals surface area (Å²) in [5, 5.41) is 0. The minimum Gasteiger partial charge on any atom is -0.489 e. The molecule has 0 aliphatic carbocycles. The van der Waals surface area contributed by atoms with Crippen LogP contribution in [-0.4, -0.2) is 39.4 Å². The predicted octanol–water partition coefficient (Wildman–Crippen LogP) is 6.06. The largest absolute Gasteiger partial charge is 0.489 e. The lowest BCUT2D eigenvalue weighted by atomic mass is 9.74. The van der Waals surface area contributed by atoms with E-state index in [1.54, 1.807) is 0 Å². The van der Waals surface area contributed by atoms with Gasteiger partial charge in [-0.2, -0.15) is 0 Å². The van der Waals surface area contributed by atoms with Crippen molar-refractivity contribution in [3.63, 3.8) is 0 Å². The topological polar surface area (TPSA) is 74.0 Å². The number of methoxy groups -OCH3 is 1. The van der Waals surface area contributed by atoms with Gasteiger partial charge in [0.1, 0.15) is 12.4 Å². The third-order valence-electron chi connectivity index (χ3n) is 8.25. The number of nitrogens with zero attached hydrogens (tertiary/aromatic N) is 1. The number of esters is 1. The Morgan fingerprint density at radius 2 is 1.85 bits per heavy atom. The monoisotopic (exact) mass is 528 g/mol. The van der Waals surface area contributed by atoms with E-state index in [1.807, 2.05) is 31.2 Å². The Bertz CT molecular complexity index is 1270. The lowest BCUT2D eigenvalue weighted by molar-refractivity contribution is -0.139. The first-order valence-corrected chi connectivity index (χ1v) is 14.0. The molecule has 0 amide bonds. The maximum absolute atomic E-state index is 11.9. The molecule has 0 bridgehead atoms. The smallest absolute Gasteiger partial charge is 0.310 e. The van der Waals surface area contributed by atoms with Gasteiger partial charge in [0.25, 0.3) is 0 Å². The Kier molecular flexibility index (Phi) is 8.53. The zero-order valence-corrected chi connectivity index (χ0v) is 23.2. The van der Waals surface area contributed by atoms with Crippen molar-refractivity contribution in [3.8, 4) is 16.9 Å². The molecule has 0 radical (unpaired) electrons. The molecule has 2 aliphatic heterocycles. The van der Waals surface area contributed by atoms with E-state index >= 15 is 0 Å². The van der Waals surface area contributed by atoms with Gasteiger partial charge in [0, 0.05) is 37.0 Å². The molecule has 2 N–H and O–H groups in total. The number of anilines is 1. The van der Waals surface area contributed by atoms with Crippen molar-refractivity contribution in [2.75, 3.05) is 38.3 Å².